The number of rotatable bonds is 5. The second-order valence-corrected chi connectivity index (χ2v) is 5.49. The number of carboxylic acids is 1. The lowest BCUT2D eigenvalue weighted by atomic mass is 10.1. The third-order valence-electron chi connectivity index (χ3n) is 3.07. The Morgan fingerprint density at radius 1 is 1.50 bits per heavy atom. The fourth-order valence-corrected chi connectivity index (χ4v) is 2.85. The predicted molar refractivity (Wildman–Crippen MR) is 76.9 cm³/mol. The largest absolute Gasteiger partial charge is 0.478 e. The molecule has 1 amide bonds. The second-order valence-electron chi connectivity index (χ2n) is 4.58. The molecule has 2 N–H and O–H groups in total. The fourth-order valence-electron chi connectivity index (χ4n) is 2.05. The van der Waals surface area contributed by atoms with Crippen LogP contribution >= 0.6 is 11.3 Å². The lowest BCUT2D eigenvalue weighted by Crippen LogP contribution is -2.35. The summed E-state index contributed by atoms with van der Waals surface area (Å²) in [5.41, 5.74) is 0.625. The Morgan fingerprint density at radius 2 is 2.35 bits per heavy atom. The fraction of sp³-hybridized carbons (Fsp3) is 0.429. The van der Waals surface area contributed by atoms with E-state index in [4.69, 9.17) is 9.84 Å². The standard InChI is InChI=1S/C14H17NO4S/c16-12(17)5-4-10-6-8-20-13(10)14(18)15-9-11-3-1-2-7-19-11/h4-6,8,11H,1-3,7,9H2,(H,15,18)(H,16,17). The molecular formula is C14H17NO4S. The first-order valence-corrected chi connectivity index (χ1v) is 7.43. The summed E-state index contributed by atoms with van der Waals surface area (Å²) in [6.45, 7) is 1.25. The molecule has 1 aromatic rings. The van der Waals surface area contributed by atoms with Crippen LogP contribution < -0.4 is 5.32 Å². The highest BCUT2D eigenvalue weighted by molar-refractivity contribution is 7.12. The highest BCUT2D eigenvalue weighted by Gasteiger charge is 2.17. The predicted octanol–water partition coefficient (Wildman–Crippen LogP) is 2.14. The maximum absolute atomic E-state index is 12.1. The number of carbonyl (C=O) groups excluding carboxylic acids is 1. The zero-order chi connectivity index (χ0) is 14.4. The number of thiophene rings is 1. The molecule has 1 fully saturated rings. The Bertz CT molecular complexity index is 503. The molecule has 2 heterocycles. The third-order valence-corrected chi connectivity index (χ3v) is 4.00. The van der Waals surface area contributed by atoms with Gasteiger partial charge >= 0.3 is 5.97 Å². The Hall–Kier alpha value is -1.66. The maximum Gasteiger partial charge on any atom is 0.328 e. The molecule has 0 aromatic carbocycles. The van der Waals surface area contributed by atoms with Crippen LogP contribution in [0.1, 0.15) is 34.5 Å². The van der Waals surface area contributed by atoms with Gasteiger partial charge in [0.25, 0.3) is 5.91 Å². The van der Waals surface area contributed by atoms with Crippen LogP contribution in [0.3, 0.4) is 0 Å². The molecule has 0 aliphatic carbocycles. The quantitative estimate of drug-likeness (QED) is 0.816. The minimum atomic E-state index is -1.03. The normalized spacial score (nSPS) is 19.1. The highest BCUT2D eigenvalue weighted by Crippen LogP contribution is 2.18. The zero-order valence-corrected chi connectivity index (χ0v) is 11.8. The van der Waals surface area contributed by atoms with Gasteiger partial charge in [-0.1, -0.05) is 0 Å². The summed E-state index contributed by atoms with van der Waals surface area (Å²) in [6.07, 6.45) is 5.74. The first-order chi connectivity index (χ1) is 9.66. The monoisotopic (exact) mass is 295 g/mol. The van der Waals surface area contributed by atoms with Gasteiger partial charge < -0.3 is 15.2 Å². The van der Waals surface area contributed by atoms with E-state index in [1.54, 1.807) is 11.4 Å². The molecule has 0 bridgehead atoms. The van der Waals surface area contributed by atoms with Gasteiger partial charge in [-0.3, -0.25) is 4.79 Å². The summed E-state index contributed by atoms with van der Waals surface area (Å²) in [5.74, 6) is -1.21. The maximum atomic E-state index is 12.1. The average molecular weight is 295 g/mol. The lowest BCUT2D eigenvalue weighted by Gasteiger charge is -2.22. The zero-order valence-electron chi connectivity index (χ0n) is 11.0. The average Bonchev–Trinajstić information content (AvgIpc) is 2.92. The number of carbonyl (C=O) groups is 2. The van der Waals surface area contributed by atoms with Crippen LogP contribution in [0.25, 0.3) is 6.08 Å². The molecule has 0 radical (unpaired) electrons. The van der Waals surface area contributed by atoms with Crippen LogP contribution in [-0.2, 0) is 9.53 Å². The molecule has 1 aliphatic rings. The Kier molecular flexibility index (Phi) is 5.31. The molecule has 0 saturated carbocycles. The van der Waals surface area contributed by atoms with Crippen molar-refractivity contribution in [3.8, 4) is 0 Å². The molecule has 1 aromatic heterocycles. The summed E-state index contributed by atoms with van der Waals surface area (Å²) in [4.78, 5) is 23.1. The van der Waals surface area contributed by atoms with Gasteiger partial charge in [0.05, 0.1) is 11.0 Å². The van der Waals surface area contributed by atoms with Crippen molar-refractivity contribution < 1.29 is 19.4 Å². The Morgan fingerprint density at radius 3 is 3.05 bits per heavy atom. The van der Waals surface area contributed by atoms with Gasteiger partial charge in [0.1, 0.15) is 0 Å². The highest BCUT2D eigenvalue weighted by atomic mass is 32.1. The molecule has 20 heavy (non-hydrogen) atoms. The van der Waals surface area contributed by atoms with E-state index in [0.717, 1.165) is 31.9 Å². The van der Waals surface area contributed by atoms with Crippen molar-refractivity contribution in [3.63, 3.8) is 0 Å². The molecule has 0 spiro atoms. The summed E-state index contributed by atoms with van der Waals surface area (Å²) in [5, 5.41) is 13.2. The molecular weight excluding hydrogens is 278 g/mol. The van der Waals surface area contributed by atoms with E-state index in [2.05, 4.69) is 5.32 Å². The van der Waals surface area contributed by atoms with Crippen LogP contribution in [0.2, 0.25) is 0 Å². The number of amides is 1. The summed E-state index contributed by atoms with van der Waals surface area (Å²) >= 11 is 1.30. The number of carboxylic acid groups (broad SMARTS) is 1. The van der Waals surface area contributed by atoms with E-state index in [1.807, 2.05) is 0 Å². The van der Waals surface area contributed by atoms with Crippen molar-refractivity contribution in [2.45, 2.75) is 25.4 Å². The van der Waals surface area contributed by atoms with E-state index in [0.29, 0.717) is 17.0 Å². The van der Waals surface area contributed by atoms with Crippen molar-refractivity contribution in [1.82, 2.24) is 5.32 Å². The summed E-state index contributed by atoms with van der Waals surface area (Å²) in [7, 11) is 0. The molecule has 1 unspecified atom stereocenters. The van der Waals surface area contributed by atoms with Crippen molar-refractivity contribution in [1.29, 1.82) is 0 Å². The molecule has 2 rings (SSSR count). The van der Waals surface area contributed by atoms with Crippen LogP contribution in [0.15, 0.2) is 17.5 Å². The molecule has 1 aliphatic heterocycles. The van der Waals surface area contributed by atoms with E-state index in [-0.39, 0.29) is 12.0 Å². The number of hydrogen-bond donors (Lipinski definition) is 2. The smallest absolute Gasteiger partial charge is 0.328 e. The number of ether oxygens (including phenoxy) is 1. The van der Waals surface area contributed by atoms with E-state index >= 15 is 0 Å². The van der Waals surface area contributed by atoms with Crippen LogP contribution in [0.5, 0.6) is 0 Å². The van der Waals surface area contributed by atoms with Gasteiger partial charge in [-0.25, -0.2) is 4.79 Å². The van der Waals surface area contributed by atoms with Gasteiger partial charge in [-0.15, -0.1) is 11.3 Å². The summed E-state index contributed by atoms with van der Waals surface area (Å²) in [6, 6.07) is 1.73. The van der Waals surface area contributed by atoms with E-state index < -0.39 is 5.97 Å². The SMILES string of the molecule is O=C(O)C=Cc1ccsc1C(=O)NCC1CCCCO1. The minimum Gasteiger partial charge on any atom is -0.478 e. The number of hydrogen-bond acceptors (Lipinski definition) is 4. The van der Waals surface area contributed by atoms with Gasteiger partial charge in [-0.2, -0.15) is 0 Å². The minimum absolute atomic E-state index is 0.0886. The van der Waals surface area contributed by atoms with Crippen molar-refractivity contribution >= 4 is 29.3 Å². The van der Waals surface area contributed by atoms with Crippen molar-refractivity contribution in [3.05, 3.63) is 28.0 Å². The first kappa shape index (κ1) is 14.7. The van der Waals surface area contributed by atoms with Crippen LogP contribution in [-0.4, -0.2) is 36.2 Å². The molecule has 5 nitrogen and oxygen atoms in total. The molecule has 108 valence electrons. The number of aliphatic carboxylic acids is 1. The van der Waals surface area contributed by atoms with Gasteiger partial charge in [0.15, 0.2) is 0 Å². The van der Waals surface area contributed by atoms with E-state index in [1.165, 1.54) is 17.4 Å². The van der Waals surface area contributed by atoms with Crippen LogP contribution in [0.4, 0.5) is 0 Å². The molecule has 6 heteroatoms. The van der Waals surface area contributed by atoms with Crippen molar-refractivity contribution in [2.75, 3.05) is 13.2 Å². The first-order valence-electron chi connectivity index (χ1n) is 6.55. The summed E-state index contributed by atoms with van der Waals surface area (Å²) < 4.78 is 5.55. The topological polar surface area (TPSA) is 75.6 Å². The van der Waals surface area contributed by atoms with Gasteiger partial charge in [0.2, 0.25) is 0 Å². The molecule has 1 saturated heterocycles. The van der Waals surface area contributed by atoms with Crippen molar-refractivity contribution in [2.24, 2.45) is 0 Å². The third kappa shape index (κ3) is 4.18. The Labute approximate surface area is 121 Å². The Balaban J connectivity index is 1.92. The van der Waals surface area contributed by atoms with E-state index in [9.17, 15) is 9.59 Å². The van der Waals surface area contributed by atoms with Gasteiger partial charge in [0, 0.05) is 19.2 Å². The van der Waals surface area contributed by atoms with Gasteiger partial charge in [-0.05, 0) is 42.3 Å². The molecule has 1 atom stereocenters. The number of nitrogens with one attached hydrogen (secondary N) is 1. The lowest BCUT2D eigenvalue weighted by molar-refractivity contribution is -0.131. The van der Waals surface area contributed by atoms with Crippen LogP contribution in [0, 0.1) is 0 Å². The second kappa shape index (κ2) is 7.21.